The highest BCUT2D eigenvalue weighted by atomic mass is 32.1. The van der Waals surface area contributed by atoms with Crippen LogP contribution in [-0.4, -0.2) is 9.55 Å². The quantitative estimate of drug-likeness (QED) is 0.516. The molecule has 0 unspecified atom stereocenters. The summed E-state index contributed by atoms with van der Waals surface area (Å²) in [5.41, 5.74) is 4.47. The first-order chi connectivity index (χ1) is 9.93. The summed E-state index contributed by atoms with van der Waals surface area (Å²) in [4.78, 5) is 4.81. The number of para-hydroxylation sites is 2. The molecule has 2 aromatic carbocycles. The van der Waals surface area contributed by atoms with Crippen molar-refractivity contribution in [2.24, 2.45) is 0 Å². The number of aromatic nitrogens is 2. The number of hydrogen-bond donors (Lipinski definition) is 0. The van der Waals surface area contributed by atoms with E-state index in [4.69, 9.17) is 4.98 Å². The third-order valence-electron chi connectivity index (χ3n) is 3.36. The molecular weight excluding hydrogens is 264 g/mol. The van der Waals surface area contributed by atoms with Gasteiger partial charge in [-0.2, -0.15) is 11.3 Å². The summed E-state index contributed by atoms with van der Waals surface area (Å²) in [6, 6.07) is 20.7. The van der Waals surface area contributed by atoms with Gasteiger partial charge in [0.15, 0.2) is 0 Å². The van der Waals surface area contributed by atoms with E-state index in [9.17, 15) is 0 Å². The fourth-order valence-electron chi connectivity index (χ4n) is 2.45. The minimum absolute atomic E-state index is 0.991. The van der Waals surface area contributed by atoms with Crippen LogP contribution in [0.5, 0.6) is 0 Å². The van der Waals surface area contributed by atoms with E-state index in [1.54, 1.807) is 11.3 Å². The van der Waals surface area contributed by atoms with Gasteiger partial charge in [0.05, 0.1) is 16.7 Å². The lowest BCUT2D eigenvalue weighted by atomic mass is 10.2. The summed E-state index contributed by atoms with van der Waals surface area (Å²) in [5.74, 6) is 0.991. The molecule has 0 atom stereocenters. The van der Waals surface area contributed by atoms with E-state index in [1.807, 2.05) is 24.3 Å². The predicted molar refractivity (Wildman–Crippen MR) is 84.4 cm³/mol. The highest BCUT2D eigenvalue weighted by molar-refractivity contribution is 7.08. The summed E-state index contributed by atoms with van der Waals surface area (Å²) in [6.45, 7) is 0. The molecule has 0 saturated carbocycles. The highest BCUT2D eigenvalue weighted by Gasteiger charge is 2.13. The van der Waals surface area contributed by atoms with Crippen molar-refractivity contribution in [1.82, 2.24) is 9.55 Å². The summed E-state index contributed by atoms with van der Waals surface area (Å²) in [6.07, 6.45) is 0. The lowest BCUT2D eigenvalue weighted by molar-refractivity contribution is 1.11. The molecule has 2 aromatic heterocycles. The van der Waals surface area contributed by atoms with Gasteiger partial charge < -0.3 is 0 Å². The van der Waals surface area contributed by atoms with Crippen LogP contribution in [0.3, 0.4) is 0 Å². The normalized spacial score (nSPS) is 11.0. The molecule has 2 nitrogen and oxygen atoms in total. The van der Waals surface area contributed by atoms with E-state index in [0.29, 0.717) is 0 Å². The smallest absolute Gasteiger partial charge is 0.145 e. The predicted octanol–water partition coefficient (Wildman–Crippen LogP) is 4.75. The van der Waals surface area contributed by atoms with Gasteiger partial charge in [-0.3, -0.25) is 4.57 Å². The Labute approximate surface area is 121 Å². The topological polar surface area (TPSA) is 17.8 Å². The van der Waals surface area contributed by atoms with E-state index in [0.717, 1.165) is 22.4 Å². The molecule has 96 valence electrons. The number of imidazole rings is 1. The number of hydrogen-bond acceptors (Lipinski definition) is 2. The largest absolute Gasteiger partial charge is 0.291 e. The van der Waals surface area contributed by atoms with Crippen LogP contribution in [0.1, 0.15) is 0 Å². The Balaban J connectivity index is 2.08. The molecular formula is C17H12N2S. The van der Waals surface area contributed by atoms with E-state index >= 15 is 0 Å². The van der Waals surface area contributed by atoms with Gasteiger partial charge in [-0.15, -0.1) is 0 Å². The monoisotopic (exact) mass is 276 g/mol. The second kappa shape index (κ2) is 4.62. The Morgan fingerprint density at radius 3 is 2.45 bits per heavy atom. The van der Waals surface area contributed by atoms with Crippen molar-refractivity contribution in [1.29, 1.82) is 0 Å². The van der Waals surface area contributed by atoms with Gasteiger partial charge in [0, 0.05) is 10.9 Å². The zero-order valence-corrected chi connectivity index (χ0v) is 11.5. The Morgan fingerprint density at radius 2 is 1.65 bits per heavy atom. The van der Waals surface area contributed by atoms with Crippen LogP contribution in [0.4, 0.5) is 0 Å². The zero-order chi connectivity index (χ0) is 13.4. The second-order valence-electron chi connectivity index (χ2n) is 4.61. The van der Waals surface area contributed by atoms with Crippen molar-refractivity contribution in [3.05, 3.63) is 71.4 Å². The van der Waals surface area contributed by atoms with Crippen molar-refractivity contribution in [3.8, 4) is 17.1 Å². The van der Waals surface area contributed by atoms with Crippen molar-refractivity contribution in [2.75, 3.05) is 0 Å². The molecule has 2 heterocycles. The van der Waals surface area contributed by atoms with Crippen LogP contribution >= 0.6 is 11.3 Å². The van der Waals surface area contributed by atoms with E-state index in [-0.39, 0.29) is 0 Å². The first-order valence-corrected chi connectivity index (χ1v) is 7.43. The molecule has 0 aliphatic heterocycles. The van der Waals surface area contributed by atoms with E-state index < -0.39 is 0 Å². The maximum atomic E-state index is 4.81. The third kappa shape index (κ3) is 1.75. The average Bonchev–Trinajstić information content (AvgIpc) is 3.14. The Kier molecular flexibility index (Phi) is 2.64. The van der Waals surface area contributed by atoms with Gasteiger partial charge in [-0.25, -0.2) is 4.98 Å². The number of benzene rings is 2. The van der Waals surface area contributed by atoms with Crippen molar-refractivity contribution >= 4 is 22.4 Å². The molecule has 4 aromatic rings. The minimum Gasteiger partial charge on any atom is -0.291 e. The maximum Gasteiger partial charge on any atom is 0.145 e. The molecule has 0 spiro atoms. The maximum absolute atomic E-state index is 4.81. The summed E-state index contributed by atoms with van der Waals surface area (Å²) in [5, 5.41) is 4.25. The average molecular weight is 276 g/mol. The van der Waals surface area contributed by atoms with Crippen LogP contribution in [0.25, 0.3) is 28.1 Å². The Morgan fingerprint density at radius 1 is 0.850 bits per heavy atom. The van der Waals surface area contributed by atoms with Gasteiger partial charge in [0.1, 0.15) is 5.82 Å². The first-order valence-electron chi connectivity index (χ1n) is 6.49. The van der Waals surface area contributed by atoms with Gasteiger partial charge in [-0.05, 0) is 23.6 Å². The van der Waals surface area contributed by atoms with Gasteiger partial charge >= 0.3 is 0 Å². The van der Waals surface area contributed by atoms with Crippen molar-refractivity contribution in [3.63, 3.8) is 0 Å². The first kappa shape index (κ1) is 11.4. The molecule has 0 N–H and O–H groups in total. The van der Waals surface area contributed by atoms with Crippen LogP contribution in [0, 0.1) is 0 Å². The fraction of sp³-hybridized carbons (Fsp3) is 0. The number of thiophene rings is 1. The molecule has 0 fully saturated rings. The van der Waals surface area contributed by atoms with Crippen molar-refractivity contribution < 1.29 is 0 Å². The molecule has 20 heavy (non-hydrogen) atoms. The van der Waals surface area contributed by atoms with Crippen molar-refractivity contribution in [2.45, 2.75) is 0 Å². The van der Waals surface area contributed by atoms with Gasteiger partial charge in [-0.1, -0.05) is 42.5 Å². The fourth-order valence-corrected chi connectivity index (χ4v) is 3.07. The molecule has 0 amide bonds. The number of fused-ring (bicyclic) bond motifs is 1. The highest BCUT2D eigenvalue weighted by Crippen LogP contribution is 2.29. The number of rotatable bonds is 2. The standard InChI is InChI=1S/C17H12N2S/c1-2-6-13(7-3-1)17-18-15-8-4-5-9-16(15)19(17)14-10-11-20-12-14/h1-12H. The van der Waals surface area contributed by atoms with Gasteiger partial charge in [0.25, 0.3) is 0 Å². The van der Waals surface area contributed by atoms with Crippen LogP contribution in [0.15, 0.2) is 71.4 Å². The molecule has 0 aliphatic carbocycles. The van der Waals surface area contributed by atoms with Crippen LogP contribution in [-0.2, 0) is 0 Å². The lowest BCUT2D eigenvalue weighted by Crippen LogP contribution is -1.95. The van der Waals surface area contributed by atoms with Crippen LogP contribution < -0.4 is 0 Å². The summed E-state index contributed by atoms with van der Waals surface area (Å²) < 4.78 is 2.22. The molecule has 0 bridgehead atoms. The third-order valence-corrected chi connectivity index (χ3v) is 4.03. The Bertz CT molecular complexity index is 845. The molecule has 0 aliphatic rings. The Hall–Kier alpha value is -2.39. The number of nitrogens with zero attached hydrogens (tertiary/aromatic N) is 2. The molecule has 0 saturated heterocycles. The van der Waals surface area contributed by atoms with Gasteiger partial charge in [0.2, 0.25) is 0 Å². The van der Waals surface area contributed by atoms with E-state index in [1.165, 1.54) is 5.69 Å². The minimum atomic E-state index is 0.991. The SMILES string of the molecule is c1ccc(-c2nc3ccccc3n2-c2ccsc2)cc1. The second-order valence-corrected chi connectivity index (χ2v) is 5.39. The molecule has 3 heteroatoms. The summed E-state index contributed by atoms with van der Waals surface area (Å²) in [7, 11) is 0. The van der Waals surface area contributed by atoms with Crippen LogP contribution in [0.2, 0.25) is 0 Å². The summed E-state index contributed by atoms with van der Waals surface area (Å²) >= 11 is 1.70. The lowest BCUT2D eigenvalue weighted by Gasteiger charge is -2.06. The zero-order valence-electron chi connectivity index (χ0n) is 10.7. The molecule has 0 radical (unpaired) electrons. The van der Waals surface area contributed by atoms with E-state index in [2.05, 4.69) is 51.7 Å². The molecule has 4 rings (SSSR count).